The highest BCUT2D eigenvalue weighted by atomic mass is 32.2. The van der Waals surface area contributed by atoms with Gasteiger partial charge in [-0.1, -0.05) is 24.3 Å². The summed E-state index contributed by atoms with van der Waals surface area (Å²) in [6.07, 6.45) is 2.26. The first kappa shape index (κ1) is 20.6. The zero-order valence-electron chi connectivity index (χ0n) is 16.6. The molecule has 0 unspecified atom stereocenters. The van der Waals surface area contributed by atoms with E-state index in [2.05, 4.69) is 22.4 Å². The average molecular weight is 443 g/mol. The van der Waals surface area contributed by atoms with Gasteiger partial charge >= 0.3 is 0 Å². The van der Waals surface area contributed by atoms with Gasteiger partial charge in [0.15, 0.2) is 15.0 Å². The number of hydrogen-bond donors (Lipinski definition) is 1. The number of rotatable bonds is 7. The minimum Gasteiger partial charge on any atom is -0.497 e. The number of nitrogens with one attached hydrogen (secondary N) is 1. The van der Waals surface area contributed by atoms with Gasteiger partial charge in [-0.05, 0) is 49.1 Å². The molecule has 0 atom stereocenters. The largest absolute Gasteiger partial charge is 0.497 e. The van der Waals surface area contributed by atoms with E-state index in [0.717, 1.165) is 24.1 Å². The molecule has 1 aliphatic rings. The fourth-order valence-electron chi connectivity index (χ4n) is 3.51. The van der Waals surface area contributed by atoms with Gasteiger partial charge in [-0.2, -0.15) is 0 Å². The summed E-state index contributed by atoms with van der Waals surface area (Å²) >= 11 is 1.49. The van der Waals surface area contributed by atoms with E-state index < -0.39 is 9.84 Å². The maximum Gasteiger partial charge on any atom is 0.226 e. The lowest BCUT2D eigenvalue weighted by molar-refractivity contribution is -0.116. The number of hydrogen-bond acceptors (Lipinski definition) is 6. The molecular weight excluding hydrogens is 420 g/mol. The molecular formula is C22H22N2O4S2. The quantitative estimate of drug-likeness (QED) is 0.595. The van der Waals surface area contributed by atoms with E-state index in [1.807, 2.05) is 12.1 Å². The number of amides is 1. The van der Waals surface area contributed by atoms with Crippen LogP contribution in [0.3, 0.4) is 0 Å². The molecule has 1 N–H and O–H groups in total. The highest BCUT2D eigenvalue weighted by Crippen LogP contribution is 2.37. The molecule has 2 aromatic carbocycles. The van der Waals surface area contributed by atoms with Crippen molar-refractivity contribution in [2.24, 2.45) is 0 Å². The molecule has 156 valence electrons. The van der Waals surface area contributed by atoms with Crippen molar-refractivity contribution in [1.29, 1.82) is 0 Å². The van der Waals surface area contributed by atoms with Crippen LogP contribution in [0.4, 0.5) is 5.13 Å². The van der Waals surface area contributed by atoms with Gasteiger partial charge < -0.3 is 10.1 Å². The van der Waals surface area contributed by atoms with E-state index in [0.29, 0.717) is 10.9 Å². The van der Waals surface area contributed by atoms with Gasteiger partial charge in [0.1, 0.15) is 5.75 Å². The predicted octanol–water partition coefficient (Wildman–Crippen LogP) is 4.11. The number of fused-ring (bicyclic) bond motifs is 3. The van der Waals surface area contributed by atoms with Crippen molar-refractivity contribution in [3.05, 3.63) is 59.0 Å². The molecule has 0 saturated heterocycles. The second-order valence-corrected chi connectivity index (χ2v) is 10.3. The summed E-state index contributed by atoms with van der Waals surface area (Å²) in [5.41, 5.74) is 3.34. The van der Waals surface area contributed by atoms with Gasteiger partial charge in [0.05, 0.1) is 23.5 Å². The number of nitrogens with zero attached hydrogens (tertiary/aromatic N) is 1. The van der Waals surface area contributed by atoms with Gasteiger partial charge in [0, 0.05) is 16.9 Å². The Morgan fingerprint density at radius 2 is 1.90 bits per heavy atom. The van der Waals surface area contributed by atoms with Crippen molar-refractivity contribution in [3.8, 4) is 17.0 Å². The molecule has 8 heteroatoms. The summed E-state index contributed by atoms with van der Waals surface area (Å²) in [6.45, 7) is 0. The topological polar surface area (TPSA) is 85.4 Å². The molecule has 30 heavy (non-hydrogen) atoms. The summed E-state index contributed by atoms with van der Waals surface area (Å²) in [4.78, 5) is 18.3. The summed E-state index contributed by atoms with van der Waals surface area (Å²) < 4.78 is 29.9. The molecule has 6 nitrogen and oxygen atoms in total. The number of ether oxygens (including phenoxy) is 1. The molecule has 0 fully saturated rings. The third-order valence-corrected chi connectivity index (χ3v) is 7.92. The summed E-state index contributed by atoms with van der Waals surface area (Å²) in [5, 5.41) is 3.40. The Balaban J connectivity index is 1.34. The van der Waals surface area contributed by atoms with Crippen LogP contribution < -0.4 is 10.1 Å². The molecule has 0 bridgehead atoms. The predicted molar refractivity (Wildman–Crippen MR) is 118 cm³/mol. The van der Waals surface area contributed by atoms with Crippen LogP contribution in [0.25, 0.3) is 11.3 Å². The summed E-state index contributed by atoms with van der Waals surface area (Å²) in [7, 11) is -1.91. The van der Waals surface area contributed by atoms with Gasteiger partial charge in [-0.15, -0.1) is 11.3 Å². The van der Waals surface area contributed by atoms with Crippen LogP contribution in [0.2, 0.25) is 0 Å². The second-order valence-electron chi connectivity index (χ2n) is 7.09. The molecule has 4 rings (SSSR count). The van der Waals surface area contributed by atoms with E-state index in [1.54, 1.807) is 12.1 Å². The smallest absolute Gasteiger partial charge is 0.226 e. The Labute approximate surface area is 179 Å². The molecule has 1 amide bonds. The monoisotopic (exact) mass is 442 g/mol. The first-order valence-electron chi connectivity index (χ1n) is 9.71. The number of carbonyl (C=O) groups is 1. The molecule has 0 aliphatic heterocycles. The van der Waals surface area contributed by atoms with Crippen LogP contribution in [0.1, 0.15) is 23.3 Å². The van der Waals surface area contributed by atoms with E-state index in [-0.39, 0.29) is 29.4 Å². The third-order valence-electron chi connectivity index (χ3n) is 5.07. The number of aromatic nitrogens is 1. The average Bonchev–Trinajstić information content (AvgIpc) is 3.16. The Hall–Kier alpha value is -2.71. The summed E-state index contributed by atoms with van der Waals surface area (Å²) in [5.74, 6) is 0.288. The molecule has 3 aromatic rings. The molecule has 1 aliphatic carbocycles. The van der Waals surface area contributed by atoms with Crippen LogP contribution in [-0.4, -0.2) is 32.2 Å². The van der Waals surface area contributed by atoms with Crippen LogP contribution in [0.5, 0.6) is 5.75 Å². The maximum absolute atomic E-state index is 12.4. The number of sulfone groups is 1. The Morgan fingerprint density at radius 1 is 1.13 bits per heavy atom. The highest BCUT2D eigenvalue weighted by molar-refractivity contribution is 7.91. The second kappa shape index (κ2) is 8.57. The minimum absolute atomic E-state index is 0.0888. The van der Waals surface area contributed by atoms with Crippen molar-refractivity contribution < 1.29 is 17.9 Å². The van der Waals surface area contributed by atoms with Crippen molar-refractivity contribution in [2.45, 2.75) is 30.6 Å². The minimum atomic E-state index is -3.44. The van der Waals surface area contributed by atoms with E-state index in [1.165, 1.54) is 41.0 Å². The molecule has 0 saturated carbocycles. The lowest BCUT2D eigenvalue weighted by Gasteiger charge is -2.13. The molecule has 0 radical (unpaired) electrons. The first-order valence-corrected chi connectivity index (χ1v) is 12.2. The summed E-state index contributed by atoms with van der Waals surface area (Å²) in [6, 6.07) is 14.5. The van der Waals surface area contributed by atoms with Crippen molar-refractivity contribution in [1.82, 2.24) is 4.98 Å². The molecule has 0 spiro atoms. The fraction of sp³-hybridized carbons (Fsp3) is 0.273. The lowest BCUT2D eigenvalue weighted by atomic mass is 9.94. The van der Waals surface area contributed by atoms with Crippen molar-refractivity contribution in [3.63, 3.8) is 0 Å². The van der Waals surface area contributed by atoms with Crippen molar-refractivity contribution >= 4 is 32.2 Å². The number of aryl methyl sites for hydroxylation is 2. The lowest BCUT2D eigenvalue weighted by Crippen LogP contribution is -2.14. The number of methoxy groups -OCH3 is 1. The molecule has 1 aromatic heterocycles. The zero-order valence-corrected chi connectivity index (χ0v) is 18.2. The SMILES string of the molecule is COc1ccc(S(=O)(=O)CCCC(=O)Nc2nc3c(s2)CCc2ccccc2-3)cc1. The Morgan fingerprint density at radius 3 is 2.67 bits per heavy atom. The van der Waals surface area contributed by atoms with Crippen LogP contribution in [-0.2, 0) is 27.5 Å². The van der Waals surface area contributed by atoms with Gasteiger partial charge in [-0.25, -0.2) is 13.4 Å². The third kappa shape index (κ3) is 4.39. The molecule has 1 heterocycles. The van der Waals surface area contributed by atoms with E-state index in [4.69, 9.17) is 4.74 Å². The highest BCUT2D eigenvalue weighted by Gasteiger charge is 2.21. The number of anilines is 1. The van der Waals surface area contributed by atoms with Crippen LogP contribution in [0, 0.1) is 0 Å². The Kier molecular flexibility index (Phi) is 5.87. The zero-order chi connectivity index (χ0) is 21.1. The van der Waals surface area contributed by atoms with Crippen LogP contribution >= 0.6 is 11.3 Å². The van der Waals surface area contributed by atoms with Gasteiger partial charge in [0.2, 0.25) is 5.91 Å². The van der Waals surface area contributed by atoms with E-state index in [9.17, 15) is 13.2 Å². The first-order chi connectivity index (χ1) is 14.5. The number of thiazole rings is 1. The van der Waals surface area contributed by atoms with Crippen LogP contribution in [0.15, 0.2) is 53.4 Å². The van der Waals surface area contributed by atoms with Gasteiger partial charge in [-0.3, -0.25) is 4.79 Å². The maximum atomic E-state index is 12.4. The number of carbonyl (C=O) groups excluding carboxylic acids is 1. The Bertz CT molecular complexity index is 1170. The van der Waals surface area contributed by atoms with Gasteiger partial charge in [0.25, 0.3) is 0 Å². The standard InChI is InChI=1S/C22H22N2O4S2/c1-28-16-9-11-17(12-10-16)30(26,27)14-4-7-20(25)23-22-24-21-18-6-3-2-5-15(18)8-13-19(21)29-22/h2-3,5-6,9-12H,4,7-8,13-14H2,1H3,(H,23,24,25). The normalized spacial score (nSPS) is 12.7. The van der Waals surface area contributed by atoms with E-state index >= 15 is 0 Å². The number of benzene rings is 2. The van der Waals surface area contributed by atoms with Crippen molar-refractivity contribution in [2.75, 3.05) is 18.2 Å². The fourth-order valence-corrected chi connectivity index (χ4v) is 5.81.